The second kappa shape index (κ2) is 5.03. The van der Waals surface area contributed by atoms with E-state index in [1.54, 1.807) is 11.3 Å². The van der Waals surface area contributed by atoms with Gasteiger partial charge in [0.05, 0.1) is 5.69 Å². The van der Waals surface area contributed by atoms with Crippen LogP contribution in [0.25, 0.3) is 21.8 Å². The Bertz CT molecular complexity index is 704. The highest BCUT2D eigenvalue weighted by molar-refractivity contribution is 7.13. The average Bonchev–Trinajstić information content (AvgIpc) is 2.89. The number of aromatic nitrogens is 1. The van der Waals surface area contributed by atoms with Crippen molar-refractivity contribution in [2.45, 2.75) is 0 Å². The van der Waals surface area contributed by atoms with Crippen molar-refractivity contribution in [3.05, 3.63) is 58.9 Å². The topological polar surface area (TPSA) is 38.9 Å². The molecule has 0 amide bonds. The maximum atomic E-state index is 5.97. The molecule has 1 aromatic heterocycles. The number of nitrogens with two attached hydrogens (primary N) is 1. The van der Waals surface area contributed by atoms with Crippen molar-refractivity contribution in [3.63, 3.8) is 0 Å². The zero-order valence-electron chi connectivity index (χ0n) is 10.0. The van der Waals surface area contributed by atoms with Gasteiger partial charge in [-0.1, -0.05) is 41.9 Å². The minimum atomic E-state index is 0.729. The summed E-state index contributed by atoms with van der Waals surface area (Å²) in [6.07, 6.45) is 0. The Morgan fingerprint density at radius 2 is 1.74 bits per heavy atom. The molecule has 4 heteroatoms. The highest BCUT2D eigenvalue weighted by atomic mass is 35.5. The molecule has 0 aliphatic carbocycles. The number of halogens is 1. The van der Waals surface area contributed by atoms with Crippen LogP contribution in [0.15, 0.2) is 53.9 Å². The van der Waals surface area contributed by atoms with Gasteiger partial charge in [0.25, 0.3) is 0 Å². The fourth-order valence-electron chi connectivity index (χ4n) is 1.85. The van der Waals surface area contributed by atoms with E-state index in [0.717, 1.165) is 32.5 Å². The van der Waals surface area contributed by atoms with Gasteiger partial charge in [0.1, 0.15) is 5.01 Å². The van der Waals surface area contributed by atoms with E-state index in [2.05, 4.69) is 4.98 Å². The normalized spacial score (nSPS) is 10.6. The highest BCUT2D eigenvalue weighted by Crippen LogP contribution is 2.31. The van der Waals surface area contributed by atoms with Gasteiger partial charge in [0.2, 0.25) is 0 Å². The summed E-state index contributed by atoms with van der Waals surface area (Å²) in [4.78, 5) is 4.64. The largest absolute Gasteiger partial charge is 0.398 e. The maximum Gasteiger partial charge on any atom is 0.124 e. The van der Waals surface area contributed by atoms with E-state index in [0.29, 0.717) is 0 Å². The minimum Gasteiger partial charge on any atom is -0.398 e. The van der Waals surface area contributed by atoms with Gasteiger partial charge >= 0.3 is 0 Å². The molecular weight excluding hydrogens is 276 g/mol. The fraction of sp³-hybridized carbons (Fsp3) is 0. The molecule has 19 heavy (non-hydrogen) atoms. The van der Waals surface area contributed by atoms with Crippen LogP contribution in [0, 0.1) is 0 Å². The molecule has 3 aromatic rings. The van der Waals surface area contributed by atoms with Crippen molar-refractivity contribution in [1.82, 2.24) is 4.98 Å². The van der Waals surface area contributed by atoms with E-state index >= 15 is 0 Å². The lowest BCUT2D eigenvalue weighted by Crippen LogP contribution is -1.89. The van der Waals surface area contributed by atoms with Gasteiger partial charge in [-0.25, -0.2) is 4.98 Å². The lowest BCUT2D eigenvalue weighted by molar-refractivity contribution is 1.40. The summed E-state index contributed by atoms with van der Waals surface area (Å²) in [5, 5.41) is 3.72. The quantitative estimate of drug-likeness (QED) is 0.693. The predicted molar refractivity (Wildman–Crippen MR) is 82.4 cm³/mol. The van der Waals surface area contributed by atoms with Crippen LogP contribution in [-0.4, -0.2) is 4.98 Å². The van der Waals surface area contributed by atoms with Gasteiger partial charge in [-0.05, 0) is 18.2 Å². The number of para-hydroxylation sites is 1. The number of nitrogens with zero attached hydrogens (tertiary/aromatic N) is 1. The zero-order valence-corrected chi connectivity index (χ0v) is 11.6. The van der Waals surface area contributed by atoms with Gasteiger partial charge in [-0.15, -0.1) is 11.3 Å². The summed E-state index contributed by atoms with van der Waals surface area (Å²) >= 11 is 7.49. The molecule has 94 valence electrons. The first-order chi connectivity index (χ1) is 9.24. The van der Waals surface area contributed by atoms with Gasteiger partial charge in [0, 0.05) is 27.2 Å². The summed E-state index contributed by atoms with van der Waals surface area (Å²) in [7, 11) is 0. The van der Waals surface area contributed by atoms with Crippen LogP contribution in [0.1, 0.15) is 0 Å². The zero-order chi connectivity index (χ0) is 13.2. The van der Waals surface area contributed by atoms with Gasteiger partial charge in [-0.3, -0.25) is 0 Å². The predicted octanol–water partition coefficient (Wildman–Crippen LogP) is 4.71. The van der Waals surface area contributed by atoms with Crippen molar-refractivity contribution in [1.29, 1.82) is 0 Å². The van der Waals surface area contributed by atoms with Crippen LogP contribution in [0.4, 0.5) is 5.69 Å². The summed E-state index contributed by atoms with van der Waals surface area (Å²) < 4.78 is 0. The summed E-state index contributed by atoms with van der Waals surface area (Å²) in [5.74, 6) is 0. The molecule has 0 radical (unpaired) electrons. The Kier molecular flexibility index (Phi) is 3.23. The first kappa shape index (κ1) is 12.2. The number of hydrogen-bond acceptors (Lipinski definition) is 3. The number of benzene rings is 2. The van der Waals surface area contributed by atoms with Crippen molar-refractivity contribution >= 4 is 28.6 Å². The van der Waals surface area contributed by atoms with E-state index in [1.165, 1.54) is 0 Å². The second-order valence-corrected chi connectivity index (χ2v) is 5.43. The number of thiazole rings is 1. The lowest BCUT2D eigenvalue weighted by Gasteiger charge is -2.01. The third-order valence-corrected chi connectivity index (χ3v) is 3.98. The fourth-order valence-corrected chi connectivity index (χ4v) is 2.80. The Balaban J connectivity index is 2.00. The van der Waals surface area contributed by atoms with Crippen LogP contribution in [0.3, 0.4) is 0 Å². The Morgan fingerprint density at radius 1 is 1.00 bits per heavy atom. The lowest BCUT2D eigenvalue weighted by atomic mass is 10.1. The van der Waals surface area contributed by atoms with Crippen molar-refractivity contribution < 1.29 is 0 Å². The molecule has 0 atom stereocenters. The van der Waals surface area contributed by atoms with E-state index in [4.69, 9.17) is 17.3 Å². The third-order valence-electron chi connectivity index (χ3n) is 2.83. The molecule has 3 rings (SSSR count). The molecule has 0 saturated carbocycles. The molecular formula is C15H11ClN2S. The summed E-state index contributed by atoms with van der Waals surface area (Å²) in [6, 6.07) is 15.4. The van der Waals surface area contributed by atoms with Crippen molar-refractivity contribution in [3.8, 4) is 21.8 Å². The summed E-state index contributed by atoms with van der Waals surface area (Å²) in [5.41, 5.74) is 9.66. The molecule has 0 aliphatic rings. The van der Waals surface area contributed by atoms with Crippen LogP contribution in [-0.2, 0) is 0 Å². The molecule has 1 heterocycles. The van der Waals surface area contributed by atoms with Gasteiger partial charge in [0.15, 0.2) is 0 Å². The monoisotopic (exact) mass is 286 g/mol. The second-order valence-electron chi connectivity index (χ2n) is 4.13. The Hall–Kier alpha value is -1.84. The number of nitrogen functional groups attached to an aromatic ring is 1. The van der Waals surface area contributed by atoms with E-state index in [-0.39, 0.29) is 0 Å². The van der Waals surface area contributed by atoms with Crippen molar-refractivity contribution in [2.75, 3.05) is 5.73 Å². The third kappa shape index (κ3) is 2.48. The number of hydrogen-bond donors (Lipinski definition) is 1. The SMILES string of the molecule is Nc1ccccc1-c1csc(-c2ccc(Cl)cc2)n1. The standard InChI is InChI=1S/C15H11ClN2S/c16-11-7-5-10(6-8-11)15-18-14(9-19-15)12-3-1-2-4-13(12)17/h1-9H,17H2. The maximum absolute atomic E-state index is 5.97. The van der Waals surface area contributed by atoms with E-state index in [9.17, 15) is 0 Å². The van der Waals surface area contributed by atoms with Crippen LogP contribution in [0.2, 0.25) is 5.02 Å². The first-order valence-corrected chi connectivity index (χ1v) is 7.06. The molecule has 0 saturated heterocycles. The number of anilines is 1. The van der Waals surface area contributed by atoms with Crippen LogP contribution < -0.4 is 5.73 Å². The first-order valence-electron chi connectivity index (χ1n) is 5.80. The highest BCUT2D eigenvalue weighted by Gasteiger charge is 2.08. The summed E-state index contributed by atoms with van der Waals surface area (Å²) in [6.45, 7) is 0. The Labute approximate surface area is 120 Å². The van der Waals surface area contributed by atoms with E-state index in [1.807, 2.05) is 53.9 Å². The van der Waals surface area contributed by atoms with Crippen LogP contribution in [0.5, 0.6) is 0 Å². The van der Waals surface area contributed by atoms with E-state index < -0.39 is 0 Å². The molecule has 0 fully saturated rings. The average molecular weight is 287 g/mol. The van der Waals surface area contributed by atoms with Gasteiger partial charge in [-0.2, -0.15) is 0 Å². The molecule has 2 nitrogen and oxygen atoms in total. The number of rotatable bonds is 2. The van der Waals surface area contributed by atoms with Gasteiger partial charge < -0.3 is 5.73 Å². The Morgan fingerprint density at radius 3 is 2.47 bits per heavy atom. The smallest absolute Gasteiger partial charge is 0.124 e. The van der Waals surface area contributed by atoms with Crippen molar-refractivity contribution in [2.24, 2.45) is 0 Å². The molecule has 0 bridgehead atoms. The molecule has 0 spiro atoms. The molecule has 2 N–H and O–H groups in total. The molecule has 2 aromatic carbocycles. The molecule has 0 aliphatic heterocycles. The molecule has 0 unspecified atom stereocenters. The van der Waals surface area contributed by atoms with Crippen LogP contribution >= 0.6 is 22.9 Å². The minimum absolute atomic E-state index is 0.729.